The predicted octanol–water partition coefficient (Wildman–Crippen LogP) is 5.25. The second kappa shape index (κ2) is 8.48. The van der Waals surface area contributed by atoms with Gasteiger partial charge in [-0.25, -0.2) is 0 Å². The first kappa shape index (κ1) is 19.2. The fourth-order valence-corrected chi connectivity index (χ4v) is 6.03. The van der Waals surface area contributed by atoms with E-state index in [0.717, 1.165) is 28.5 Å². The quantitative estimate of drug-likeness (QED) is 0.472. The maximum atomic E-state index is 13.0. The van der Waals surface area contributed by atoms with Crippen molar-refractivity contribution >= 4 is 33.3 Å². The van der Waals surface area contributed by atoms with Crippen LogP contribution in [0.1, 0.15) is 55.3 Å². The Morgan fingerprint density at radius 2 is 2.04 bits per heavy atom. The van der Waals surface area contributed by atoms with E-state index in [1.165, 1.54) is 19.3 Å². The van der Waals surface area contributed by atoms with Gasteiger partial charge in [-0.15, -0.1) is 11.3 Å². The largest absolute Gasteiger partial charge is 0.481 e. The average Bonchev–Trinajstić information content (AvgIpc) is 3.40. The van der Waals surface area contributed by atoms with Crippen molar-refractivity contribution in [3.05, 3.63) is 47.4 Å². The van der Waals surface area contributed by atoms with Crippen LogP contribution in [0.3, 0.4) is 0 Å². The Labute approximate surface area is 169 Å². The van der Waals surface area contributed by atoms with Gasteiger partial charge in [0.15, 0.2) is 0 Å². The van der Waals surface area contributed by atoms with Crippen LogP contribution >= 0.6 is 11.3 Å². The Morgan fingerprint density at radius 3 is 2.89 bits per heavy atom. The first-order chi connectivity index (χ1) is 13.6. The van der Waals surface area contributed by atoms with Crippen LogP contribution in [-0.2, 0) is 4.79 Å². The van der Waals surface area contributed by atoms with Crippen molar-refractivity contribution < 1.29 is 14.7 Å². The normalized spacial score (nSPS) is 26.3. The molecule has 2 bridgehead atoms. The predicted molar refractivity (Wildman–Crippen MR) is 113 cm³/mol. The number of thiophene rings is 1. The van der Waals surface area contributed by atoms with E-state index in [1.807, 2.05) is 17.5 Å². The van der Waals surface area contributed by atoms with E-state index in [9.17, 15) is 9.59 Å². The highest BCUT2D eigenvalue weighted by molar-refractivity contribution is 7.17. The molecule has 1 heterocycles. The van der Waals surface area contributed by atoms with Crippen LogP contribution in [0.15, 0.2) is 41.8 Å². The Kier molecular flexibility index (Phi) is 5.81. The van der Waals surface area contributed by atoms with Gasteiger partial charge in [-0.3, -0.25) is 9.59 Å². The number of aliphatic carboxylic acids is 1. The van der Waals surface area contributed by atoms with Crippen molar-refractivity contribution in [2.75, 3.05) is 0 Å². The van der Waals surface area contributed by atoms with Crippen LogP contribution < -0.4 is 5.32 Å². The highest BCUT2D eigenvalue weighted by atomic mass is 32.1. The number of fused-ring (bicyclic) bond motifs is 3. The van der Waals surface area contributed by atoms with Gasteiger partial charge in [0.1, 0.15) is 0 Å². The van der Waals surface area contributed by atoms with Crippen molar-refractivity contribution in [3.8, 4) is 0 Å². The van der Waals surface area contributed by atoms with Crippen molar-refractivity contribution in [3.63, 3.8) is 0 Å². The molecule has 4 nitrogen and oxygen atoms in total. The second-order valence-corrected chi connectivity index (χ2v) is 9.05. The molecule has 1 aromatic heterocycles. The van der Waals surface area contributed by atoms with E-state index in [2.05, 4.69) is 29.6 Å². The lowest BCUT2D eigenvalue weighted by atomic mass is 9.82. The number of benzene rings is 1. The monoisotopic (exact) mass is 397 g/mol. The number of carbonyl (C=O) groups is 2. The third kappa shape index (κ3) is 4.00. The lowest BCUT2D eigenvalue weighted by Gasteiger charge is -2.31. The SMILES string of the molecule is O=C(O)CCC/C=C\C[C@H]1[C@@H]2CC[C@@H](C2)[C@@H]1NC(=O)c1cccc2ccsc12. The third-order valence-corrected chi connectivity index (χ3v) is 7.41. The zero-order valence-electron chi connectivity index (χ0n) is 16.0. The summed E-state index contributed by atoms with van der Waals surface area (Å²) in [5, 5.41) is 15.3. The van der Waals surface area contributed by atoms with Gasteiger partial charge >= 0.3 is 5.97 Å². The molecule has 2 aromatic rings. The van der Waals surface area contributed by atoms with E-state index in [1.54, 1.807) is 11.3 Å². The molecule has 0 spiro atoms. The van der Waals surface area contributed by atoms with Crippen LogP contribution in [0.4, 0.5) is 0 Å². The number of rotatable bonds is 8. The summed E-state index contributed by atoms with van der Waals surface area (Å²) in [6, 6.07) is 8.26. The molecule has 5 heteroatoms. The van der Waals surface area contributed by atoms with Gasteiger partial charge in [0, 0.05) is 17.2 Å². The number of carboxylic acids is 1. The van der Waals surface area contributed by atoms with E-state index >= 15 is 0 Å². The Bertz CT molecular complexity index is 887. The number of hydrogen-bond donors (Lipinski definition) is 2. The molecule has 0 radical (unpaired) electrons. The van der Waals surface area contributed by atoms with Gasteiger partial charge < -0.3 is 10.4 Å². The Morgan fingerprint density at radius 1 is 1.18 bits per heavy atom. The lowest BCUT2D eigenvalue weighted by Crippen LogP contribution is -2.43. The molecule has 4 atom stereocenters. The molecule has 1 amide bonds. The molecule has 1 aromatic carbocycles. The van der Waals surface area contributed by atoms with Gasteiger partial charge in [0.2, 0.25) is 0 Å². The summed E-state index contributed by atoms with van der Waals surface area (Å²) in [6.07, 6.45) is 10.7. The highest BCUT2D eigenvalue weighted by Crippen LogP contribution is 2.50. The van der Waals surface area contributed by atoms with Crippen molar-refractivity contribution in [1.82, 2.24) is 5.32 Å². The van der Waals surface area contributed by atoms with Gasteiger partial charge in [-0.1, -0.05) is 24.3 Å². The minimum atomic E-state index is -0.731. The molecular formula is C23H27NO3S. The van der Waals surface area contributed by atoms with E-state index in [0.29, 0.717) is 24.2 Å². The number of amides is 1. The Hall–Kier alpha value is -2.14. The molecule has 148 valence electrons. The standard InChI is InChI=1S/C23H27NO3S/c25-20(26)9-4-2-1-3-7-18-16-10-11-17(14-16)21(18)24-23(27)19-8-5-6-15-12-13-28-22(15)19/h1,3,5-6,8,12-13,16-18,21H,2,4,7,9-11,14H2,(H,24,27)(H,25,26)/b3-1-/t16-,17+,18+,21+/m1/s1. The summed E-state index contributed by atoms with van der Waals surface area (Å²) in [5.74, 6) is 1.13. The molecule has 0 saturated heterocycles. The van der Waals surface area contributed by atoms with Gasteiger partial charge in [0.25, 0.3) is 5.91 Å². The van der Waals surface area contributed by atoms with Crippen molar-refractivity contribution in [2.24, 2.45) is 17.8 Å². The highest BCUT2D eigenvalue weighted by Gasteiger charge is 2.47. The second-order valence-electron chi connectivity index (χ2n) is 8.13. The number of allylic oxidation sites excluding steroid dienone is 2. The summed E-state index contributed by atoms with van der Waals surface area (Å²) in [5.41, 5.74) is 0.790. The lowest BCUT2D eigenvalue weighted by molar-refractivity contribution is -0.137. The molecule has 2 N–H and O–H groups in total. The fraction of sp³-hybridized carbons (Fsp3) is 0.478. The minimum Gasteiger partial charge on any atom is -0.481 e. The number of nitrogens with one attached hydrogen (secondary N) is 1. The summed E-state index contributed by atoms with van der Waals surface area (Å²) in [4.78, 5) is 23.6. The van der Waals surface area contributed by atoms with Crippen LogP contribution in [0.5, 0.6) is 0 Å². The van der Waals surface area contributed by atoms with E-state index < -0.39 is 5.97 Å². The minimum absolute atomic E-state index is 0.0565. The average molecular weight is 398 g/mol. The van der Waals surface area contributed by atoms with Gasteiger partial charge in [-0.2, -0.15) is 0 Å². The number of carbonyl (C=O) groups excluding carboxylic acids is 1. The molecule has 0 unspecified atom stereocenters. The summed E-state index contributed by atoms with van der Waals surface area (Å²) in [6.45, 7) is 0. The number of unbranched alkanes of at least 4 members (excludes halogenated alkanes) is 1. The fourth-order valence-electron chi connectivity index (χ4n) is 5.12. The van der Waals surface area contributed by atoms with Crippen molar-refractivity contribution in [2.45, 2.75) is 51.0 Å². The molecule has 4 rings (SSSR count). The van der Waals surface area contributed by atoms with Crippen LogP contribution in [0.25, 0.3) is 10.1 Å². The summed E-state index contributed by atoms with van der Waals surface area (Å²) in [7, 11) is 0. The zero-order valence-corrected chi connectivity index (χ0v) is 16.8. The maximum Gasteiger partial charge on any atom is 0.303 e. The third-order valence-electron chi connectivity index (χ3n) is 6.45. The smallest absolute Gasteiger partial charge is 0.303 e. The van der Waals surface area contributed by atoms with E-state index in [-0.39, 0.29) is 18.4 Å². The van der Waals surface area contributed by atoms with Gasteiger partial charge in [-0.05, 0) is 79.2 Å². The number of hydrogen-bond acceptors (Lipinski definition) is 3. The molecule has 2 saturated carbocycles. The van der Waals surface area contributed by atoms with Gasteiger partial charge in [0.05, 0.1) is 5.56 Å². The maximum absolute atomic E-state index is 13.0. The topological polar surface area (TPSA) is 66.4 Å². The molecule has 2 fully saturated rings. The first-order valence-electron chi connectivity index (χ1n) is 10.3. The molecule has 2 aliphatic rings. The van der Waals surface area contributed by atoms with E-state index in [4.69, 9.17) is 5.11 Å². The van der Waals surface area contributed by atoms with Crippen LogP contribution in [0.2, 0.25) is 0 Å². The Balaban J connectivity index is 1.39. The van der Waals surface area contributed by atoms with Crippen LogP contribution in [0, 0.1) is 17.8 Å². The molecular weight excluding hydrogens is 370 g/mol. The molecule has 28 heavy (non-hydrogen) atoms. The number of carboxylic acid groups (broad SMARTS) is 1. The molecule has 2 aliphatic carbocycles. The first-order valence-corrected chi connectivity index (χ1v) is 11.2. The summed E-state index contributed by atoms with van der Waals surface area (Å²) >= 11 is 1.63. The van der Waals surface area contributed by atoms with Crippen LogP contribution in [-0.4, -0.2) is 23.0 Å². The zero-order chi connectivity index (χ0) is 19.5. The molecule has 0 aliphatic heterocycles. The van der Waals surface area contributed by atoms with Crippen molar-refractivity contribution in [1.29, 1.82) is 0 Å². The summed E-state index contributed by atoms with van der Waals surface area (Å²) < 4.78 is 1.07.